The predicted molar refractivity (Wildman–Crippen MR) is 79.6 cm³/mol. The van der Waals surface area contributed by atoms with Crippen molar-refractivity contribution in [3.8, 4) is 0 Å². The number of aryl methyl sites for hydroxylation is 1. The van der Waals surface area contributed by atoms with Crippen molar-refractivity contribution in [2.24, 2.45) is 0 Å². The summed E-state index contributed by atoms with van der Waals surface area (Å²) in [6.45, 7) is 1.60. The fourth-order valence-electron chi connectivity index (χ4n) is 3.10. The quantitative estimate of drug-likeness (QED) is 0.914. The van der Waals surface area contributed by atoms with Gasteiger partial charge in [-0.3, -0.25) is 0 Å². The molecule has 0 aromatic heterocycles. The molecule has 0 saturated heterocycles. The molecule has 2 unspecified atom stereocenters. The lowest BCUT2D eigenvalue weighted by Crippen LogP contribution is -2.44. The van der Waals surface area contributed by atoms with E-state index in [1.165, 1.54) is 12.1 Å². The molecule has 2 atom stereocenters. The van der Waals surface area contributed by atoms with E-state index in [1.807, 2.05) is 30.3 Å². The molecule has 2 aromatic rings. The summed E-state index contributed by atoms with van der Waals surface area (Å²) in [5.74, 6) is -3.25. The van der Waals surface area contributed by atoms with Gasteiger partial charge in [0.1, 0.15) is 0 Å². The fourth-order valence-corrected chi connectivity index (χ4v) is 3.10. The summed E-state index contributed by atoms with van der Waals surface area (Å²) < 4.78 is 45.3. The van der Waals surface area contributed by atoms with Crippen LogP contribution in [0.25, 0.3) is 0 Å². The van der Waals surface area contributed by atoms with Gasteiger partial charge in [-0.2, -0.15) is 13.2 Å². The van der Waals surface area contributed by atoms with Gasteiger partial charge in [0, 0.05) is 5.56 Å². The predicted octanol–water partition coefficient (Wildman–Crippen LogP) is 4.27. The summed E-state index contributed by atoms with van der Waals surface area (Å²) >= 11 is 0. The third-order valence-electron chi connectivity index (χ3n) is 4.35. The van der Waals surface area contributed by atoms with Crippen molar-refractivity contribution in [1.82, 2.24) is 0 Å². The Kier molecular flexibility index (Phi) is 3.73. The van der Waals surface area contributed by atoms with Crippen molar-refractivity contribution in [3.05, 3.63) is 71.3 Å². The molecular formula is C18H17F3O2. The highest BCUT2D eigenvalue weighted by atomic mass is 19.4. The first-order valence-electron chi connectivity index (χ1n) is 7.39. The molecule has 122 valence electrons. The van der Waals surface area contributed by atoms with Gasteiger partial charge < -0.3 is 9.84 Å². The minimum Gasteiger partial charge on any atom is -0.355 e. The van der Waals surface area contributed by atoms with E-state index in [9.17, 15) is 18.3 Å². The standard InChI is InChI=1S/C18H17F3O2/c1-16(12-11-13-7-3-2-4-8-13)14-9-5-6-10-15(14)17(22,23-16)18(19,20)21/h2-10,22H,11-12H2,1H3. The van der Waals surface area contributed by atoms with Gasteiger partial charge in [0.25, 0.3) is 5.79 Å². The fraction of sp³-hybridized carbons (Fsp3) is 0.333. The van der Waals surface area contributed by atoms with Crippen LogP contribution in [0.5, 0.6) is 0 Å². The van der Waals surface area contributed by atoms with Crippen molar-refractivity contribution in [1.29, 1.82) is 0 Å². The van der Waals surface area contributed by atoms with E-state index in [2.05, 4.69) is 0 Å². The van der Waals surface area contributed by atoms with Crippen LogP contribution in [0.4, 0.5) is 13.2 Å². The lowest BCUT2D eigenvalue weighted by molar-refractivity contribution is -0.392. The third-order valence-corrected chi connectivity index (χ3v) is 4.35. The second-order valence-electron chi connectivity index (χ2n) is 6.01. The van der Waals surface area contributed by atoms with Crippen molar-refractivity contribution < 1.29 is 23.0 Å². The van der Waals surface area contributed by atoms with Crippen LogP contribution in [0, 0.1) is 0 Å². The van der Waals surface area contributed by atoms with Crippen LogP contribution in [0.15, 0.2) is 54.6 Å². The normalized spacial score (nSPS) is 27.0. The summed E-state index contributed by atoms with van der Waals surface area (Å²) in [5.41, 5.74) is -0.0208. The van der Waals surface area contributed by atoms with Crippen molar-refractivity contribution >= 4 is 0 Å². The molecular weight excluding hydrogens is 305 g/mol. The summed E-state index contributed by atoms with van der Waals surface area (Å²) in [7, 11) is 0. The van der Waals surface area contributed by atoms with Gasteiger partial charge in [-0.15, -0.1) is 0 Å². The molecule has 1 N–H and O–H groups in total. The minimum absolute atomic E-state index is 0.219. The van der Waals surface area contributed by atoms with Gasteiger partial charge in [0.15, 0.2) is 0 Å². The number of benzene rings is 2. The summed E-state index contributed by atoms with van der Waals surface area (Å²) in [5, 5.41) is 10.2. The van der Waals surface area contributed by atoms with Gasteiger partial charge in [-0.25, -0.2) is 0 Å². The smallest absolute Gasteiger partial charge is 0.355 e. The van der Waals surface area contributed by atoms with E-state index >= 15 is 0 Å². The highest BCUT2D eigenvalue weighted by Crippen LogP contribution is 2.54. The number of hydrogen-bond acceptors (Lipinski definition) is 2. The van der Waals surface area contributed by atoms with E-state index in [-0.39, 0.29) is 5.56 Å². The zero-order valence-corrected chi connectivity index (χ0v) is 12.6. The Morgan fingerprint density at radius 1 is 0.957 bits per heavy atom. The number of fused-ring (bicyclic) bond motifs is 1. The lowest BCUT2D eigenvalue weighted by atomic mass is 9.87. The van der Waals surface area contributed by atoms with E-state index < -0.39 is 17.6 Å². The Labute approximate surface area is 132 Å². The molecule has 0 fully saturated rings. The molecule has 5 heteroatoms. The summed E-state index contributed by atoms with van der Waals surface area (Å²) in [4.78, 5) is 0. The third kappa shape index (κ3) is 2.64. The molecule has 1 heterocycles. The molecule has 0 radical (unpaired) electrons. The Hall–Kier alpha value is -1.85. The first kappa shape index (κ1) is 16.0. The minimum atomic E-state index is -4.90. The van der Waals surface area contributed by atoms with Gasteiger partial charge in [-0.1, -0.05) is 54.6 Å². The molecule has 23 heavy (non-hydrogen) atoms. The molecule has 2 nitrogen and oxygen atoms in total. The molecule has 0 bridgehead atoms. The first-order valence-corrected chi connectivity index (χ1v) is 7.39. The van der Waals surface area contributed by atoms with E-state index in [4.69, 9.17) is 4.74 Å². The zero-order valence-electron chi connectivity index (χ0n) is 12.6. The van der Waals surface area contributed by atoms with Crippen molar-refractivity contribution in [2.75, 3.05) is 0 Å². The van der Waals surface area contributed by atoms with Crippen LogP contribution < -0.4 is 0 Å². The molecule has 0 aliphatic carbocycles. The summed E-state index contributed by atoms with van der Waals surface area (Å²) in [6, 6.07) is 15.5. The number of ether oxygens (including phenoxy) is 1. The Morgan fingerprint density at radius 3 is 2.13 bits per heavy atom. The van der Waals surface area contributed by atoms with Gasteiger partial charge >= 0.3 is 6.18 Å². The Balaban J connectivity index is 1.95. The van der Waals surface area contributed by atoms with Crippen LogP contribution in [0.3, 0.4) is 0 Å². The Bertz CT molecular complexity index is 699. The zero-order chi connectivity index (χ0) is 16.7. The average Bonchev–Trinajstić information content (AvgIpc) is 2.76. The molecule has 1 aliphatic rings. The van der Waals surface area contributed by atoms with Crippen LogP contribution in [-0.2, 0) is 22.5 Å². The summed E-state index contributed by atoms with van der Waals surface area (Å²) in [6.07, 6.45) is -4.00. The highest BCUT2D eigenvalue weighted by Gasteiger charge is 2.65. The second-order valence-corrected chi connectivity index (χ2v) is 6.01. The largest absolute Gasteiger partial charge is 0.448 e. The molecule has 2 aromatic carbocycles. The number of halogens is 3. The van der Waals surface area contributed by atoms with Crippen molar-refractivity contribution in [3.63, 3.8) is 0 Å². The van der Waals surface area contributed by atoms with Crippen LogP contribution in [0.2, 0.25) is 0 Å². The maximum absolute atomic E-state index is 13.4. The lowest BCUT2D eigenvalue weighted by Gasteiger charge is -2.31. The highest BCUT2D eigenvalue weighted by molar-refractivity contribution is 5.40. The molecule has 0 amide bonds. The molecule has 0 spiro atoms. The number of aliphatic hydroxyl groups is 1. The monoisotopic (exact) mass is 322 g/mol. The number of alkyl halides is 3. The SMILES string of the molecule is CC1(CCc2ccccc2)OC(O)(C(F)(F)F)c2ccccc21. The maximum atomic E-state index is 13.4. The molecule has 3 rings (SSSR count). The number of rotatable bonds is 3. The van der Waals surface area contributed by atoms with Crippen molar-refractivity contribution in [2.45, 2.75) is 37.3 Å². The second kappa shape index (κ2) is 5.35. The van der Waals surface area contributed by atoms with E-state index in [0.29, 0.717) is 18.4 Å². The van der Waals surface area contributed by atoms with E-state index in [0.717, 1.165) is 5.56 Å². The first-order chi connectivity index (χ1) is 10.8. The van der Waals surface area contributed by atoms with Crippen LogP contribution in [-0.4, -0.2) is 11.3 Å². The van der Waals surface area contributed by atoms with Gasteiger partial charge in [0.05, 0.1) is 5.60 Å². The average molecular weight is 322 g/mol. The van der Waals surface area contributed by atoms with Crippen LogP contribution in [0.1, 0.15) is 30.0 Å². The van der Waals surface area contributed by atoms with E-state index in [1.54, 1.807) is 19.1 Å². The molecule has 0 saturated carbocycles. The van der Waals surface area contributed by atoms with Gasteiger partial charge in [-0.05, 0) is 30.9 Å². The Morgan fingerprint density at radius 2 is 1.52 bits per heavy atom. The van der Waals surface area contributed by atoms with Gasteiger partial charge in [0.2, 0.25) is 0 Å². The maximum Gasteiger partial charge on any atom is 0.448 e. The van der Waals surface area contributed by atoms with Crippen LogP contribution >= 0.6 is 0 Å². The molecule has 1 aliphatic heterocycles. The number of hydrogen-bond donors (Lipinski definition) is 1. The topological polar surface area (TPSA) is 29.5 Å².